The van der Waals surface area contributed by atoms with Crippen molar-refractivity contribution >= 4 is 16.6 Å². The Kier molecular flexibility index (Phi) is 3.98. The first kappa shape index (κ1) is 15.0. The first-order valence-electron chi connectivity index (χ1n) is 7.39. The largest absolute Gasteiger partial charge is 0.497 e. The van der Waals surface area contributed by atoms with Gasteiger partial charge in [-0.1, -0.05) is 19.1 Å². The minimum atomic E-state index is -0.548. The van der Waals surface area contributed by atoms with Gasteiger partial charge in [0.2, 0.25) is 0 Å². The summed E-state index contributed by atoms with van der Waals surface area (Å²) in [7, 11) is 1.65. The van der Waals surface area contributed by atoms with Crippen LogP contribution in [0.1, 0.15) is 30.9 Å². The van der Waals surface area contributed by atoms with E-state index in [2.05, 4.69) is 16.9 Å². The van der Waals surface area contributed by atoms with Crippen LogP contribution in [-0.2, 0) is 4.74 Å². The van der Waals surface area contributed by atoms with Gasteiger partial charge in [0.05, 0.1) is 24.5 Å². The Morgan fingerprint density at radius 1 is 1.43 bits per heavy atom. The molecule has 23 heavy (non-hydrogen) atoms. The number of imidazole rings is 1. The molecule has 1 N–H and O–H groups in total. The van der Waals surface area contributed by atoms with Crippen LogP contribution in [0.4, 0.5) is 4.39 Å². The molecule has 2 aromatic rings. The number of fused-ring (bicyclic) bond motifs is 1. The third-order valence-corrected chi connectivity index (χ3v) is 4.05. The summed E-state index contributed by atoms with van der Waals surface area (Å²) in [6.45, 7) is 2.08. The van der Waals surface area contributed by atoms with Crippen molar-refractivity contribution in [2.24, 2.45) is 0 Å². The molecule has 0 atom stereocenters. The molecule has 1 aromatic heterocycles. The van der Waals surface area contributed by atoms with Gasteiger partial charge in [-0.2, -0.15) is 5.26 Å². The van der Waals surface area contributed by atoms with Gasteiger partial charge in [-0.25, -0.2) is 9.37 Å². The van der Waals surface area contributed by atoms with E-state index in [1.165, 1.54) is 18.0 Å². The lowest BCUT2D eigenvalue weighted by atomic mass is 9.99. The zero-order valence-corrected chi connectivity index (χ0v) is 13.0. The maximum atomic E-state index is 14.2. The minimum Gasteiger partial charge on any atom is -0.497 e. The maximum absolute atomic E-state index is 14.2. The molecule has 1 aromatic carbocycles. The van der Waals surface area contributed by atoms with E-state index in [0.717, 1.165) is 24.2 Å². The Balaban J connectivity index is 2.15. The number of nitriles is 1. The highest BCUT2D eigenvalue weighted by atomic mass is 19.1. The first-order chi connectivity index (χ1) is 11.2. The number of methoxy groups -OCH3 is 1. The van der Waals surface area contributed by atoms with Crippen LogP contribution >= 0.6 is 0 Å². The summed E-state index contributed by atoms with van der Waals surface area (Å²) >= 11 is 0. The molecule has 0 saturated carbocycles. The minimum absolute atomic E-state index is 0.00981. The monoisotopic (exact) mass is 309 g/mol. The molecule has 116 valence electrons. The van der Waals surface area contributed by atoms with Gasteiger partial charge >= 0.3 is 0 Å². The summed E-state index contributed by atoms with van der Waals surface area (Å²) in [5.41, 5.74) is 3.73. The average molecular weight is 309 g/mol. The lowest BCUT2D eigenvalue weighted by molar-refractivity contribution is 0.300. The van der Waals surface area contributed by atoms with Crippen molar-refractivity contribution in [2.45, 2.75) is 19.8 Å². The predicted molar refractivity (Wildman–Crippen MR) is 86.8 cm³/mol. The number of rotatable bonds is 3. The second-order valence-electron chi connectivity index (χ2n) is 5.24. The molecule has 0 saturated heterocycles. The number of H-pyrrole nitrogens is 1. The van der Waals surface area contributed by atoms with Gasteiger partial charge in [0.15, 0.2) is 0 Å². The molecule has 0 spiro atoms. The number of benzene rings is 1. The molecule has 0 unspecified atom stereocenters. The van der Waals surface area contributed by atoms with Crippen LogP contribution in [-0.4, -0.2) is 17.1 Å². The van der Waals surface area contributed by atoms with Gasteiger partial charge < -0.3 is 9.72 Å². The van der Waals surface area contributed by atoms with Gasteiger partial charge in [0, 0.05) is 5.56 Å². The number of allylic oxidation sites excluding steroid dienone is 5. The maximum Gasteiger partial charge on any atom is 0.143 e. The van der Waals surface area contributed by atoms with E-state index in [-0.39, 0.29) is 5.56 Å². The van der Waals surface area contributed by atoms with E-state index in [1.807, 2.05) is 24.3 Å². The highest BCUT2D eigenvalue weighted by molar-refractivity contribution is 5.95. The average Bonchev–Trinajstić information content (AvgIpc) is 2.94. The zero-order chi connectivity index (χ0) is 16.4. The molecular weight excluding hydrogens is 293 g/mol. The van der Waals surface area contributed by atoms with Gasteiger partial charge in [0.25, 0.3) is 0 Å². The Bertz CT molecular complexity index is 897. The molecule has 1 heterocycles. The summed E-state index contributed by atoms with van der Waals surface area (Å²) < 4.78 is 19.7. The normalized spacial score (nSPS) is 14.6. The van der Waals surface area contributed by atoms with E-state index >= 15 is 0 Å². The highest BCUT2D eigenvalue weighted by Gasteiger charge is 2.17. The zero-order valence-electron chi connectivity index (χ0n) is 13.0. The quantitative estimate of drug-likeness (QED) is 0.923. The molecule has 0 radical (unpaired) electrons. The Morgan fingerprint density at radius 3 is 2.96 bits per heavy atom. The van der Waals surface area contributed by atoms with Gasteiger partial charge in [-0.3, -0.25) is 0 Å². The molecule has 5 heteroatoms. The highest BCUT2D eigenvalue weighted by Crippen LogP contribution is 2.31. The van der Waals surface area contributed by atoms with Crippen LogP contribution in [0.5, 0.6) is 0 Å². The fourth-order valence-corrected chi connectivity index (χ4v) is 2.82. The van der Waals surface area contributed by atoms with Crippen LogP contribution in [0.25, 0.3) is 16.6 Å². The van der Waals surface area contributed by atoms with E-state index in [4.69, 9.17) is 10.00 Å². The molecular formula is C18H16FN3O. The smallest absolute Gasteiger partial charge is 0.143 e. The molecule has 0 fully saturated rings. The van der Waals surface area contributed by atoms with Crippen molar-refractivity contribution in [3.63, 3.8) is 0 Å². The summed E-state index contributed by atoms with van der Waals surface area (Å²) in [5.74, 6) is 0.291. The van der Waals surface area contributed by atoms with E-state index in [0.29, 0.717) is 16.6 Å². The fourth-order valence-electron chi connectivity index (χ4n) is 2.82. The second-order valence-corrected chi connectivity index (χ2v) is 5.24. The SMILES string of the molecule is CCC1=C(OC)C=CC(c2cc(F)c(C#N)c3[nH]cnc23)=CC1. The number of halogens is 1. The van der Waals surface area contributed by atoms with E-state index in [1.54, 1.807) is 7.11 Å². The predicted octanol–water partition coefficient (Wildman–Crippen LogP) is 4.23. The number of aromatic nitrogens is 2. The van der Waals surface area contributed by atoms with Crippen LogP contribution < -0.4 is 0 Å². The number of nitrogens with one attached hydrogen (secondary N) is 1. The van der Waals surface area contributed by atoms with E-state index < -0.39 is 5.82 Å². The summed E-state index contributed by atoms with van der Waals surface area (Å²) in [4.78, 5) is 7.11. The third-order valence-electron chi connectivity index (χ3n) is 4.05. The molecule has 3 rings (SSSR count). The van der Waals surface area contributed by atoms with E-state index in [9.17, 15) is 4.39 Å². The topological polar surface area (TPSA) is 61.7 Å². The second kappa shape index (κ2) is 6.09. The summed E-state index contributed by atoms with van der Waals surface area (Å²) in [6, 6.07) is 3.26. The van der Waals surface area contributed by atoms with Crippen molar-refractivity contribution in [2.75, 3.05) is 7.11 Å². The number of ether oxygens (including phenoxy) is 1. The van der Waals surface area contributed by atoms with Gasteiger partial charge in [-0.15, -0.1) is 0 Å². The Labute approximate surface area is 133 Å². The number of aromatic amines is 1. The van der Waals surface area contributed by atoms with Crippen molar-refractivity contribution in [1.29, 1.82) is 5.26 Å². The van der Waals surface area contributed by atoms with Gasteiger partial charge in [-0.05, 0) is 36.1 Å². The molecule has 4 nitrogen and oxygen atoms in total. The van der Waals surface area contributed by atoms with Crippen molar-refractivity contribution < 1.29 is 9.13 Å². The number of hydrogen-bond acceptors (Lipinski definition) is 3. The summed E-state index contributed by atoms with van der Waals surface area (Å²) in [6.07, 6.45) is 8.93. The number of hydrogen-bond donors (Lipinski definition) is 1. The number of nitrogens with zero attached hydrogens (tertiary/aromatic N) is 2. The summed E-state index contributed by atoms with van der Waals surface area (Å²) in [5, 5.41) is 9.12. The first-order valence-corrected chi connectivity index (χ1v) is 7.39. The van der Waals surface area contributed by atoms with Gasteiger partial charge in [0.1, 0.15) is 23.2 Å². The van der Waals surface area contributed by atoms with Crippen molar-refractivity contribution in [1.82, 2.24) is 9.97 Å². The lowest BCUT2D eigenvalue weighted by Crippen LogP contribution is -1.92. The van der Waals surface area contributed by atoms with Crippen LogP contribution in [0.3, 0.4) is 0 Å². The molecule has 0 bridgehead atoms. The third kappa shape index (κ3) is 2.53. The van der Waals surface area contributed by atoms with Crippen LogP contribution in [0.15, 0.2) is 42.0 Å². The van der Waals surface area contributed by atoms with Crippen molar-refractivity contribution in [3.05, 3.63) is 58.9 Å². The Hall–Kier alpha value is -2.87. The lowest BCUT2D eigenvalue weighted by Gasteiger charge is -2.06. The fraction of sp³-hybridized carbons (Fsp3) is 0.222. The van der Waals surface area contributed by atoms with Crippen LogP contribution in [0.2, 0.25) is 0 Å². The van der Waals surface area contributed by atoms with Crippen LogP contribution in [0, 0.1) is 17.1 Å². The molecule has 1 aliphatic rings. The molecule has 0 aliphatic heterocycles. The van der Waals surface area contributed by atoms with Crippen molar-refractivity contribution in [3.8, 4) is 6.07 Å². The molecule has 1 aliphatic carbocycles. The molecule has 0 amide bonds. The standard InChI is InChI=1S/C18H16FN3O/c1-3-11-4-5-12(6-7-16(11)23-2)13-8-15(19)14(9-20)18-17(13)21-10-22-18/h5-8,10H,3-4H2,1-2H3,(H,21,22). The Morgan fingerprint density at radius 2 is 2.26 bits per heavy atom.